The number of hydrogen-bond donors (Lipinski definition) is 1. The molecule has 2 aliphatic rings. The van der Waals surface area contributed by atoms with E-state index in [1.807, 2.05) is 41.3 Å². The van der Waals surface area contributed by atoms with Gasteiger partial charge in [-0.15, -0.1) is 0 Å². The molecule has 21 heavy (non-hydrogen) atoms. The molecule has 2 fully saturated rings. The average molecular weight is 281 g/mol. The molecule has 2 aromatic rings. The van der Waals surface area contributed by atoms with Crippen molar-refractivity contribution in [1.82, 2.24) is 15.2 Å². The minimum absolute atomic E-state index is 0.0649. The lowest BCUT2D eigenvalue weighted by atomic mass is 10.1. The van der Waals surface area contributed by atoms with Crippen LogP contribution in [0.1, 0.15) is 29.8 Å². The zero-order chi connectivity index (χ0) is 14.2. The molecule has 2 atom stereocenters. The van der Waals surface area contributed by atoms with Gasteiger partial charge in [-0.3, -0.25) is 4.79 Å². The molecular formula is C17H19N3O. The Hall–Kier alpha value is -1.94. The standard InChI is InChI=1S/C17H19N3O/c21-17(20-10-9-13-6-7-14(11-20)18-13)16-8-5-12-3-1-2-4-15(12)19-16/h1-5,8,13-14,18H,6-7,9-11H2. The van der Waals surface area contributed by atoms with Gasteiger partial charge >= 0.3 is 0 Å². The summed E-state index contributed by atoms with van der Waals surface area (Å²) in [4.78, 5) is 19.2. The fourth-order valence-corrected chi connectivity index (χ4v) is 3.47. The molecule has 4 rings (SSSR count). The van der Waals surface area contributed by atoms with E-state index in [0.717, 1.165) is 30.4 Å². The van der Waals surface area contributed by atoms with Gasteiger partial charge in [0.05, 0.1) is 5.52 Å². The minimum Gasteiger partial charge on any atom is -0.336 e. The van der Waals surface area contributed by atoms with E-state index in [2.05, 4.69) is 10.3 Å². The van der Waals surface area contributed by atoms with Crippen LogP contribution in [-0.2, 0) is 0 Å². The van der Waals surface area contributed by atoms with Crippen molar-refractivity contribution < 1.29 is 4.79 Å². The summed E-state index contributed by atoms with van der Waals surface area (Å²) < 4.78 is 0. The van der Waals surface area contributed by atoms with Crippen LogP contribution < -0.4 is 5.32 Å². The van der Waals surface area contributed by atoms with E-state index in [1.165, 1.54) is 12.8 Å². The second-order valence-electron chi connectivity index (χ2n) is 6.07. The summed E-state index contributed by atoms with van der Waals surface area (Å²) in [5.74, 6) is 0.0649. The molecule has 1 aromatic heterocycles. The van der Waals surface area contributed by atoms with Crippen LogP contribution in [0, 0.1) is 0 Å². The van der Waals surface area contributed by atoms with Crippen molar-refractivity contribution in [3.05, 3.63) is 42.1 Å². The number of rotatable bonds is 1. The van der Waals surface area contributed by atoms with Gasteiger partial charge in [-0.25, -0.2) is 4.98 Å². The van der Waals surface area contributed by atoms with Crippen LogP contribution in [0.4, 0.5) is 0 Å². The topological polar surface area (TPSA) is 45.2 Å². The van der Waals surface area contributed by atoms with Crippen LogP contribution in [-0.4, -0.2) is 41.0 Å². The zero-order valence-electron chi connectivity index (χ0n) is 12.0. The number of amides is 1. The first kappa shape index (κ1) is 12.8. The summed E-state index contributed by atoms with van der Waals surface area (Å²) >= 11 is 0. The highest BCUT2D eigenvalue weighted by Gasteiger charge is 2.31. The number of nitrogens with one attached hydrogen (secondary N) is 1. The Balaban J connectivity index is 1.60. The van der Waals surface area contributed by atoms with Crippen LogP contribution in [0.15, 0.2) is 36.4 Å². The smallest absolute Gasteiger partial charge is 0.272 e. The third-order valence-corrected chi connectivity index (χ3v) is 4.63. The third kappa shape index (κ3) is 2.40. The molecule has 0 radical (unpaired) electrons. The molecule has 108 valence electrons. The normalized spacial score (nSPS) is 25.0. The Kier molecular flexibility index (Phi) is 3.11. The largest absolute Gasteiger partial charge is 0.336 e. The van der Waals surface area contributed by atoms with Gasteiger partial charge in [0.15, 0.2) is 0 Å². The zero-order valence-corrected chi connectivity index (χ0v) is 12.0. The Morgan fingerprint density at radius 2 is 1.95 bits per heavy atom. The number of pyridine rings is 1. The van der Waals surface area contributed by atoms with Gasteiger partial charge in [0.25, 0.3) is 5.91 Å². The first-order valence-corrected chi connectivity index (χ1v) is 7.71. The number of fused-ring (bicyclic) bond motifs is 3. The fourth-order valence-electron chi connectivity index (χ4n) is 3.47. The van der Waals surface area contributed by atoms with Gasteiger partial charge < -0.3 is 10.2 Å². The molecule has 2 saturated heterocycles. The van der Waals surface area contributed by atoms with Crippen LogP contribution >= 0.6 is 0 Å². The van der Waals surface area contributed by atoms with Crippen molar-refractivity contribution in [2.75, 3.05) is 13.1 Å². The second-order valence-corrected chi connectivity index (χ2v) is 6.07. The SMILES string of the molecule is O=C(c1ccc2ccccc2n1)N1CCC2CCC(C1)N2. The summed E-state index contributed by atoms with van der Waals surface area (Å²) in [6, 6.07) is 12.8. The number of benzene rings is 1. The van der Waals surface area contributed by atoms with Crippen LogP contribution in [0.25, 0.3) is 10.9 Å². The van der Waals surface area contributed by atoms with E-state index in [4.69, 9.17) is 0 Å². The molecule has 3 heterocycles. The molecule has 0 spiro atoms. The van der Waals surface area contributed by atoms with Crippen molar-refractivity contribution >= 4 is 16.8 Å². The van der Waals surface area contributed by atoms with Crippen molar-refractivity contribution in [3.8, 4) is 0 Å². The van der Waals surface area contributed by atoms with E-state index in [1.54, 1.807) is 0 Å². The van der Waals surface area contributed by atoms with Gasteiger partial charge in [0, 0.05) is 30.6 Å². The van der Waals surface area contributed by atoms with Gasteiger partial charge in [-0.1, -0.05) is 24.3 Å². The number of aromatic nitrogens is 1. The van der Waals surface area contributed by atoms with Crippen LogP contribution in [0.5, 0.6) is 0 Å². The van der Waals surface area contributed by atoms with Crippen molar-refractivity contribution in [2.45, 2.75) is 31.3 Å². The molecule has 2 bridgehead atoms. The maximum absolute atomic E-state index is 12.7. The van der Waals surface area contributed by atoms with Crippen molar-refractivity contribution in [1.29, 1.82) is 0 Å². The van der Waals surface area contributed by atoms with E-state index >= 15 is 0 Å². The highest BCUT2D eigenvalue weighted by Crippen LogP contribution is 2.22. The third-order valence-electron chi connectivity index (χ3n) is 4.63. The molecule has 1 N–H and O–H groups in total. The summed E-state index contributed by atoms with van der Waals surface area (Å²) in [5.41, 5.74) is 1.45. The lowest BCUT2D eigenvalue weighted by Gasteiger charge is -2.24. The summed E-state index contributed by atoms with van der Waals surface area (Å²) in [6.07, 6.45) is 3.48. The maximum atomic E-state index is 12.7. The van der Waals surface area contributed by atoms with Gasteiger partial charge in [-0.2, -0.15) is 0 Å². The molecule has 0 aliphatic carbocycles. The second kappa shape index (κ2) is 5.11. The number of nitrogens with zero attached hydrogens (tertiary/aromatic N) is 2. The Morgan fingerprint density at radius 3 is 2.90 bits per heavy atom. The fraction of sp³-hybridized carbons (Fsp3) is 0.412. The van der Waals surface area contributed by atoms with Gasteiger partial charge in [0.1, 0.15) is 5.69 Å². The molecular weight excluding hydrogens is 262 g/mol. The first-order chi connectivity index (χ1) is 10.3. The molecule has 4 nitrogen and oxygen atoms in total. The number of carbonyl (C=O) groups is 1. The van der Waals surface area contributed by atoms with Crippen molar-refractivity contribution in [2.24, 2.45) is 0 Å². The van der Waals surface area contributed by atoms with E-state index in [9.17, 15) is 4.79 Å². The molecule has 2 aliphatic heterocycles. The van der Waals surface area contributed by atoms with Gasteiger partial charge in [-0.05, 0) is 31.4 Å². The van der Waals surface area contributed by atoms with E-state index in [0.29, 0.717) is 17.8 Å². The van der Waals surface area contributed by atoms with Crippen molar-refractivity contribution in [3.63, 3.8) is 0 Å². The highest BCUT2D eigenvalue weighted by atomic mass is 16.2. The molecule has 1 amide bonds. The first-order valence-electron chi connectivity index (χ1n) is 7.71. The predicted molar refractivity (Wildman–Crippen MR) is 82.2 cm³/mol. The summed E-state index contributed by atoms with van der Waals surface area (Å²) in [7, 11) is 0. The summed E-state index contributed by atoms with van der Waals surface area (Å²) in [5, 5.41) is 4.68. The minimum atomic E-state index is 0.0649. The average Bonchev–Trinajstić information content (AvgIpc) is 2.85. The predicted octanol–water partition coefficient (Wildman–Crippen LogP) is 2.20. The van der Waals surface area contributed by atoms with Gasteiger partial charge in [0.2, 0.25) is 0 Å². The maximum Gasteiger partial charge on any atom is 0.272 e. The Labute approximate surface area is 124 Å². The monoisotopic (exact) mass is 281 g/mol. The number of hydrogen-bond acceptors (Lipinski definition) is 3. The molecule has 1 aromatic carbocycles. The van der Waals surface area contributed by atoms with Crippen LogP contribution in [0.3, 0.4) is 0 Å². The molecule has 4 heteroatoms. The number of carbonyl (C=O) groups excluding carboxylic acids is 1. The summed E-state index contributed by atoms with van der Waals surface area (Å²) in [6.45, 7) is 1.64. The van der Waals surface area contributed by atoms with E-state index < -0.39 is 0 Å². The lowest BCUT2D eigenvalue weighted by Crippen LogP contribution is -2.39. The van der Waals surface area contributed by atoms with Crippen LogP contribution in [0.2, 0.25) is 0 Å². The Bertz CT molecular complexity index is 685. The number of likely N-dealkylation sites (tertiary alicyclic amines) is 1. The quantitative estimate of drug-likeness (QED) is 0.871. The Morgan fingerprint density at radius 1 is 1.10 bits per heavy atom. The molecule has 0 saturated carbocycles. The number of para-hydroxylation sites is 1. The highest BCUT2D eigenvalue weighted by molar-refractivity contribution is 5.95. The lowest BCUT2D eigenvalue weighted by molar-refractivity contribution is 0.0742. The van der Waals surface area contributed by atoms with E-state index in [-0.39, 0.29) is 5.91 Å². The molecule has 2 unspecified atom stereocenters.